The molecule has 16 heavy (non-hydrogen) atoms. The van der Waals surface area contributed by atoms with Crippen molar-refractivity contribution in [3.8, 4) is 0 Å². The van der Waals surface area contributed by atoms with Crippen molar-refractivity contribution >= 4 is 11.5 Å². The lowest BCUT2D eigenvalue weighted by Gasteiger charge is -2.02. The molecule has 1 aliphatic rings. The molecule has 84 valence electrons. The largest absolute Gasteiger partial charge is 0.431 e. The standard InChI is InChI=1S/C11H9F3N2/c1-7-2-4-8(5-3-7)10-15-6-9(16-10)11(12,13)14/h2-5H,6H2,1H3. The Labute approximate surface area is 90.5 Å². The van der Waals surface area contributed by atoms with Crippen LogP contribution in [0.5, 0.6) is 0 Å². The third kappa shape index (κ3) is 2.13. The van der Waals surface area contributed by atoms with E-state index in [9.17, 15) is 13.2 Å². The average molecular weight is 226 g/mol. The van der Waals surface area contributed by atoms with E-state index in [0.29, 0.717) is 5.56 Å². The molecule has 0 N–H and O–H groups in total. The van der Waals surface area contributed by atoms with Gasteiger partial charge >= 0.3 is 6.18 Å². The molecule has 0 atom stereocenters. The molecular formula is C11H9F3N2. The number of halogens is 3. The summed E-state index contributed by atoms with van der Waals surface area (Å²) in [5.41, 5.74) is 0.829. The van der Waals surface area contributed by atoms with Crippen LogP contribution < -0.4 is 0 Å². The van der Waals surface area contributed by atoms with Gasteiger partial charge in [-0.25, -0.2) is 4.99 Å². The van der Waals surface area contributed by atoms with Gasteiger partial charge in [-0.2, -0.15) is 13.2 Å². The Bertz CT molecular complexity index is 455. The Hall–Kier alpha value is -1.65. The monoisotopic (exact) mass is 226 g/mol. The van der Waals surface area contributed by atoms with E-state index in [1.54, 1.807) is 12.1 Å². The summed E-state index contributed by atoms with van der Waals surface area (Å²) in [7, 11) is 0. The van der Waals surface area contributed by atoms with Crippen LogP contribution in [0.2, 0.25) is 0 Å². The zero-order chi connectivity index (χ0) is 11.8. The van der Waals surface area contributed by atoms with Crippen LogP contribution in [0.15, 0.2) is 34.3 Å². The van der Waals surface area contributed by atoms with Crippen LogP contribution >= 0.6 is 0 Å². The van der Waals surface area contributed by atoms with Crippen molar-refractivity contribution in [3.63, 3.8) is 0 Å². The van der Waals surface area contributed by atoms with E-state index in [2.05, 4.69) is 9.98 Å². The number of aryl methyl sites for hydroxylation is 1. The first kappa shape index (κ1) is 10.9. The minimum Gasteiger partial charge on any atom is -0.260 e. The maximum Gasteiger partial charge on any atom is 0.431 e. The van der Waals surface area contributed by atoms with Gasteiger partial charge in [-0.3, -0.25) is 4.99 Å². The lowest BCUT2D eigenvalue weighted by Crippen LogP contribution is -2.23. The Balaban J connectivity index is 2.25. The van der Waals surface area contributed by atoms with E-state index in [-0.39, 0.29) is 12.4 Å². The second-order valence-corrected chi connectivity index (χ2v) is 3.56. The fourth-order valence-electron chi connectivity index (χ4n) is 1.36. The fourth-order valence-corrected chi connectivity index (χ4v) is 1.36. The van der Waals surface area contributed by atoms with Crippen LogP contribution in [0, 0.1) is 6.92 Å². The van der Waals surface area contributed by atoms with Crippen molar-refractivity contribution in [2.45, 2.75) is 13.1 Å². The molecule has 0 aromatic heterocycles. The normalized spacial score (nSPS) is 16.0. The van der Waals surface area contributed by atoms with Gasteiger partial charge in [0.05, 0.1) is 6.54 Å². The number of rotatable bonds is 1. The van der Waals surface area contributed by atoms with Crippen LogP contribution in [0.25, 0.3) is 0 Å². The van der Waals surface area contributed by atoms with Gasteiger partial charge in [-0.15, -0.1) is 0 Å². The molecule has 0 unspecified atom stereocenters. The summed E-state index contributed by atoms with van der Waals surface area (Å²) in [6, 6.07) is 7.08. The summed E-state index contributed by atoms with van der Waals surface area (Å²) in [6.07, 6.45) is -4.38. The van der Waals surface area contributed by atoms with Crippen molar-refractivity contribution in [2.75, 3.05) is 6.54 Å². The summed E-state index contributed by atoms with van der Waals surface area (Å²) in [6.45, 7) is 1.53. The molecule has 0 fully saturated rings. The third-order valence-corrected chi connectivity index (χ3v) is 2.26. The van der Waals surface area contributed by atoms with E-state index in [1.165, 1.54) is 0 Å². The van der Waals surface area contributed by atoms with Crippen LogP contribution in [0.3, 0.4) is 0 Å². The molecule has 2 rings (SSSR count). The molecule has 1 aromatic carbocycles. The lowest BCUT2D eigenvalue weighted by molar-refractivity contribution is -0.0592. The van der Waals surface area contributed by atoms with Crippen molar-refractivity contribution in [3.05, 3.63) is 35.4 Å². The fraction of sp³-hybridized carbons (Fsp3) is 0.273. The first-order valence-electron chi connectivity index (χ1n) is 4.73. The van der Waals surface area contributed by atoms with Gasteiger partial charge in [-0.05, 0) is 6.92 Å². The summed E-state index contributed by atoms with van der Waals surface area (Å²) in [5.74, 6) is 0.160. The maximum atomic E-state index is 12.3. The zero-order valence-electron chi connectivity index (χ0n) is 8.54. The number of hydrogen-bond acceptors (Lipinski definition) is 2. The predicted octanol–water partition coefficient (Wildman–Crippen LogP) is 2.76. The molecule has 0 spiro atoms. The highest BCUT2D eigenvalue weighted by atomic mass is 19.4. The molecule has 0 saturated carbocycles. The number of alkyl halides is 3. The van der Waals surface area contributed by atoms with Crippen LogP contribution in [0.4, 0.5) is 13.2 Å². The lowest BCUT2D eigenvalue weighted by atomic mass is 10.1. The second kappa shape index (κ2) is 3.73. The van der Waals surface area contributed by atoms with Gasteiger partial charge in [0.2, 0.25) is 0 Å². The van der Waals surface area contributed by atoms with E-state index in [1.807, 2.05) is 19.1 Å². The molecular weight excluding hydrogens is 217 g/mol. The van der Waals surface area contributed by atoms with Gasteiger partial charge in [0.25, 0.3) is 0 Å². The third-order valence-electron chi connectivity index (χ3n) is 2.26. The van der Waals surface area contributed by atoms with Gasteiger partial charge in [-0.1, -0.05) is 29.8 Å². The summed E-state index contributed by atoms with van der Waals surface area (Å²) < 4.78 is 36.9. The van der Waals surface area contributed by atoms with Crippen molar-refractivity contribution in [1.82, 2.24) is 0 Å². The number of hydrogen-bond donors (Lipinski definition) is 0. The van der Waals surface area contributed by atoms with E-state index in [0.717, 1.165) is 5.56 Å². The molecule has 2 nitrogen and oxygen atoms in total. The maximum absolute atomic E-state index is 12.3. The molecule has 0 saturated heterocycles. The first-order valence-corrected chi connectivity index (χ1v) is 4.73. The van der Waals surface area contributed by atoms with Gasteiger partial charge in [0.1, 0.15) is 5.71 Å². The highest BCUT2D eigenvalue weighted by molar-refractivity contribution is 6.13. The van der Waals surface area contributed by atoms with Crippen molar-refractivity contribution in [2.24, 2.45) is 9.98 Å². The second-order valence-electron chi connectivity index (χ2n) is 3.56. The topological polar surface area (TPSA) is 24.7 Å². The van der Waals surface area contributed by atoms with Crippen molar-refractivity contribution in [1.29, 1.82) is 0 Å². The summed E-state index contributed by atoms with van der Waals surface area (Å²) in [5, 5.41) is 0. The Kier molecular flexibility index (Phi) is 2.53. The molecule has 0 aliphatic carbocycles. The summed E-state index contributed by atoms with van der Waals surface area (Å²) in [4.78, 5) is 7.28. The van der Waals surface area contributed by atoms with E-state index in [4.69, 9.17) is 0 Å². The molecule has 0 bridgehead atoms. The smallest absolute Gasteiger partial charge is 0.260 e. The number of nitrogens with zero attached hydrogens (tertiary/aromatic N) is 2. The SMILES string of the molecule is Cc1ccc(C2=NCC(C(F)(F)F)=N2)cc1. The average Bonchev–Trinajstić information content (AvgIpc) is 2.67. The first-order chi connectivity index (χ1) is 7.47. The Morgan fingerprint density at radius 1 is 1.12 bits per heavy atom. The molecule has 1 aromatic rings. The minimum atomic E-state index is -4.38. The molecule has 0 radical (unpaired) electrons. The van der Waals surface area contributed by atoms with Crippen LogP contribution in [0.1, 0.15) is 11.1 Å². The Morgan fingerprint density at radius 2 is 1.75 bits per heavy atom. The van der Waals surface area contributed by atoms with Gasteiger partial charge in [0.15, 0.2) is 5.84 Å². The van der Waals surface area contributed by atoms with Gasteiger partial charge in [0, 0.05) is 5.56 Å². The predicted molar refractivity (Wildman–Crippen MR) is 56.1 cm³/mol. The Morgan fingerprint density at radius 3 is 2.25 bits per heavy atom. The van der Waals surface area contributed by atoms with E-state index < -0.39 is 11.9 Å². The number of benzene rings is 1. The molecule has 1 heterocycles. The minimum absolute atomic E-state index is 0.160. The van der Waals surface area contributed by atoms with E-state index >= 15 is 0 Å². The number of amidine groups is 1. The zero-order valence-corrected chi connectivity index (χ0v) is 8.54. The highest BCUT2D eigenvalue weighted by Crippen LogP contribution is 2.21. The number of aliphatic imine (C=N–C) groups is 2. The molecule has 0 amide bonds. The molecule has 1 aliphatic heterocycles. The molecule has 5 heteroatoms. The van der Waals surface area contributed by atoms with Crippen LogP contribution in [-0.2, 0) is 0 Å². The highest BCUT2D eigenvalue weighted by Gasteiger charge is 2.37. The quantitative estimate of drug-likeness (QED) is 0.703. The van der Waals surface area contributed by atoms with Crippen molar-refractivity contribution < 1.29 is 13.2 Å². The van der Waals surface area contributed by atoms with Gasteiger partial charge < -0.3 is 0 Å². The van der Waals surface area contributed by atoms with Crippen LogP contribution in [-0.4, -0.2) is 24.3 Å². The summed E-state index contributed by atoms with van der Waals surface area (Å²) >= 11 is 0.